The van der Waals surface area contributed by atoms with Crippen molar-refractivity contribution in [3.63, 3.8) is 0 Å². The van der Waals surface area contributed by atoms with Crippen molar-refractivity contribution < 1.29 is 23.1 Å². The Bertz CT molecular complexity index is 729. The summed E-state index contributed by atoms with van der Waals surface area (Å²) < 4.78 is 37.8. The predicted octanol–water partition coefficient (Wildman–Crippen LogP) is 4.36. The van der Waals surface area contributed by atoms with Gasteiger partial charge in [0.25, 0.3) is 5.54 Å². The number of nitrogens with zero attached hydrogens (tertiary/aromatic N) is 4. The molecule has 0 amide bonds. The van der Waals surface area contributed by atoms with Crippen LogP contribution < -0.4 is 0 Å². The van der Waals surface area contributed by atoms with Gasteiger partial charge in [0.05, 0.1) is 28.1 Å². The number of hydrogen-bond donors (Lipinski definition) is 1. The highest BCUT2D eigenvalue weighted by atomic mass is 35.5. The number of aliphatic carboxylic acids is 1. The molecule has 120 valence electrons. The van der Waals surface area contributed by atoms with E-state index in [9.17, 15) is 18.0 Å². The zero-order valence-corrected chi connectivity index (χ0v) is 12.4. The second-order valence-electron chi connectivity index (χ2n) is 4.10. The van der Waals surface area contributed by atoms with Crippen molar-refractivity contribution >= 4 is 34.9 Å². The summed E-state index contributed by atoms with van der Waals surface area (Å²) in [6.45, 7) is 0. The third-order valence-electron chi connectivity index (χ3n) is 2.54. The van der Waals surface area contributed by atoms with Gasteiger partial charge >= 0.3 is 12.1 Å². The minimum absolute atomic E-state index is 0.444. The molecule has 0 spiro atoms. The van der Waals surface area contributed by atoms with E-state index in [2.05, 4.69) is 10.2 Å². The maximum absolute atomic E-state index is 12.6. The van der Waals surface area contributed by atoms with Gasteiger partial charge in [-0.2, -0.15) is 33.9 Å². The molecule has 1 aromatic rings. The smallest absolute Gasteiger partial charge is 0.416 e. The lowest BCUT2D eigenvalue weighted by Gasteiger charge is -2.12. The van der Waals surface area contributed by atoms with Crippen molar-refractivity contribution in [2.75, 3.05) is 0 Å². The summed E-state index contributed by atoms with van der Waals surface area (Å²) in [4.78, 5) is 11.1. The van der Waals surface area contributed by atoms with Crippen LogP contribution in [-0.2, 0) is 11.0 Å². The van der Waals surface area contributed by atoms with Gasteiger partial charge in [-0.05, 0) is 12.1 Å². The number of rotatable bonds is 4. The number of halogens is 5. The monoisotopic (exact) mass is 364 g/mol. The normalized spacial score (nSPS) is 14.0. The molecule has 1 unspecified atom stereocenters. The zero-order chi connectivity index (χ0) is 17.8. The number of carbonyl (C=O) groups is 1. The van der Waals surface area contributed by atoms with E-state index in [-0.39, 0.29) is 0 Å². The molecular formula is C12H5Cl2F3N4O2. The first-order chi connectivity index (χ1) is 10.6. The lowest BCUT2D eigenvalue weighted by molar-refractivity contribution is -0.141. The van der Waals surface area contributed by atoms with Gasteiger partial charge < -0.3 is 5.11 Å². The van der Waals surface area contributed by atoms with Crippen molar-refractivity contribution in [2.45, 2.75) is 18.1 Å². The van der Waals surface area contributed by atoms with Gasteiger partial charge in [-0.3, -0.25) is 0 Å². The minimum Gasteiger partial charge on any atom is -0.479 e. The second-order valence-corrected chi connectivity index (χ2v) is 4.91. The largest absolute Gasteiger partial charge is 0.479 e. The molecule has 1 rings (SSSR count). The lowest BCUT2D eigenvalue weighted by atomic mass is 10.00. The molecule has 0 aliphatic carbocycles. The van der Waals surface area contributed by atoms with E-state index in [0.717, 1.165) is 0 Å². The van der Waals surface area contributed by atoms with E-state index >= 15 is 0 Å². The van der Waals surface area contributed by atoms with Crippen LogP contribution >= 0.6 is 23.2 Å². The molecule has 0 heterocycles. The van der Waals surface area contributed by atoms with Crippen molar-refractivity contribution in [3.05, 3.63) is 27.7 Å². The van der Waals surface area contributed by atoms with Gasteiger partial charge in [0.1, 0.15) is 11.8 Å². The van der Waals surface area contributed by atoms with Crippen LogP contribution in [0.25, 0.3) is 0 Å². The highest BCUT2D eigenvalue weighted by molar-refractivity contribution is 6.38. The maximum Gasteiger partial charge on any atom is 0.416 e. The maximum atomic E-state index is 12.6. The predicted molar refractivity (Wildman–Crippen MR) is 72.2 cm³/mol. The SMILES string of the molecule is N#CCC(C#N)(N=Nc1c(Cl)cc(C(F)(F)F)cc1Cl)C(=O)O. The number of nitriles is 2. The molecule has 6 nitrogen and oxygen atoms in total. The average Bonchev–Trinajstić information content (AvgIpc) is 2.43. The molecule has 23 heavy (non-hydrogen) atoms. The molecule has 1 N–H and O–H groups in total. The van der Waals surface area contributed by atoms with E-state index in [0.29, 0.717) is 12.1 Å². The van der Waals surface area contributed by atoms with Crippen LogP contribution in [0.5, 0.6) is 0 Å². The molecule has 0 aromatic heterocycles. The first-order valence-electron chi connectivity index (χ1n) is 5.58. The Kier molecular flexibility index (Phi) is 5.54. The zero-order valence-electron chi connectivity index (χ0n) is 10.9. The van der Waals surface area contributed by atoms with Crippen molar-refractivity contribution in [3.8, 4) is 12.1 Å². The summed E-state index contributed by atoms with van der Waals surface area (Å²) in [5.41, 5.74) is -4.09. The first kappa shape index (κ1) is 18.7. The van der Waals surface area contributed by atoms with Crippen LogP contribution in [-0.4, -0.2) is 16.6 Å². The number of hydrogen-bond acceptors (Lipinski definition) is 5. The molecule has 0 aliphatic rings. The third kappa shape index (κ3) is 4.09. The summed E-state index contributed by atoms with van der Waals surface area (Å²) in [5, 5.41) is 32.0. The van der Waals surface area contributed by atoms with Crippen LogP contribution in [0.1, 0.15) is 12.0 Å². The Hall–Kier alpha value is -2.36. The average molecular weight is 365 g/mol. The summed E-state index contributed by atoms with van der Waals surface area (Å²) in [7, 11) is 0. The van der Waals surface area contributed by atoms with Gasteiger partial charge in [-0.15, -0.1) is 0 Å². The number of alkyl halides is 3. The van der Waals surface area contributed by atoms with E-state index in [1.54, 1.807) is 0 Å². The van der Waals surface area contributed by atoms with Crippen molar-refractivity contribution in [2.24, 2.45) is 10.2 Å². The van der Waals surface area contributed by atoms with E-state index in [4.69, 9.17) is 38.8 Å². The van der Waals surface area contributed by atoms with Crippen molar-refractivity contribution in [1.29, 1.82) is 10.5 Å². The third-order valence-corrected chi connectivity index (χ3v) is 3.11. The van der Waals surface area contributed by atoms with Gasteiger partial charge in [0.2, 0.25) is 0 Å². The fraction of sp³-hybridized carbons (Fsp3) is 0.250. The summed E-state index contributed by atoms with van der Waals surface area (Å²) in [5.74, 6) is -1.75. The molecule has 1 aromatic carbocycles. The topological polar surface area (TPSA) is 110 Å². The highest BCUT2D eigenvalue weighted by Crippen LogP contribution is 2.40. The number of carboxylic acids is 1. The standard InChI is InChI=1S/C12H5Cl2F3N4O2/c13-7-3-6(12(15,16)17)4-8(14)9(7)20-21-11(5-19,1-2-18)10(22)23/h3-4H,1H2,(H,22,23). The van der Waals surface area contributed by atoms with E-state index in [1.165, 1.54) is 12.1 Å². The number of benzene rings is 1. The molecule has 0 saturated heterocycles. The molecule has 11 heteroatoms. The molecule has 0 fully saturated rings. The van der Waals surface area contributed by atoms with Gasteiger partial charge in [0, 0.05) is 0 Å². The molecule has 0 radical (unpaired) electrons. The highest BCUT2D eigenvalue weighted by Gasteiger charge is 2.40. The van der Waals surface area contributed by atoms with Crippen LogP contribution in [0.3, 0.4) is 0 Å². The van der Waals surface area contributed by atoms with E-state index < -0.39 is 45.4 Å². The van der Waals surface area contributed by atoms with Gasteiger partial charge in [-0.25, -0.2) is 4.79 Å². The second kappa shape index (κ2) is 6.82. The Balaban J connectivity index is 3.37. The van der Waals surface area contributed by atoms with Crippen LogP contribution in [0.15, 0.2) is 22.4 Å². The molecule has 0 bridgehead atoms. The Morgan fingerprint density at radius 1 is 1.26 bits per heavy atom. The minimum atomic E-state index is -4.69. The summed E-state index contributed by atoms with van der Waals surface area (Å²) >= 11 is 11.3. The Morgan fingerprint density at radius 2 is 1.78 bits per heavy atom. The molecule has 1 atom stereocenters. The van der Waals surface area contributed by atoms with Crippen LogP contribution in [0, 0.1) is 22.7 Å². The quantitative estimate of drug-likeness (QED) is 0.800. The summed E-state index contributed by atoms with van der Waals surface area (Å²) in [6, 6.07) is 3.83. The molecular weight excluding hydrogens is 360 g/mol. The number of azo groups is 1. The molecule has 0 aliphatic heterocycles. The fourth-order valence-corrected chi connectivity index (χ4v) is 1.90. The molecule has 0 saturated carbocycles. The number of carboxylic acid groups (broad SMARTS) is 1. The van der Waals surface area contributed by atoms with Gasteiger partial charge in [-0.1, -0.05) is 23.2 Å². The van der Waals surface area contributed by atoms with Crippen LogP contribution in [0.4, 0.5) is 18.9 Å². The lowest BCUT2D eigenvalue weighted by Crippen LogP contribution is -2.34. The van der Waals surface area contributed by atoms with Crippen LogP contribution in [0.2, 0.25) is 10.0 Å². The van der Waals surface area contributed by atoms with Gasteiger partial charge in [0.15, 0.2) is 0 Å². The fourth-order valence-electron chi connectivity index (χ4n) is 1.34. The Morgan fingerprint density at radius 3 is 2.13 bits per heavy atom. The van der Waals surface area contributed by atoms with Crippen molar-refractivity contribution in [1.82, 2.24) is 0 Å². The Labute approximate surface area is 137 Å². The van der Waals surface area contributed by atoms with E-state index in [1.807, 2.05) is 0 Å². The summed E-state index contributed by atoms with van der Waals surface area (Å²) in [6.07, 6.45) is -5.51. The first-order valence-corrected chi connectivity index (χ1v) is 6.33.